The predicted octanol–water partition coefficient (Wildman–Crippen LogP) is 0.743. The smallest absolute Gasteiger partial charge is 0.332 e. The molecule has 3 aromatic rings. The number of aromatic amines is 1. The molecule has 1 atom stereocenters. The number of hydrogen-bond donors (Lipinski definition) is 3. The maximum atomic E-state index is 12.4. The van der Waals surface area contributed by atoms with Crippen LogP contribution in [0.5, 0.6) is 0 Å². The number of carbonyl (C=O) groups is 1. The molecule has 4 rings (SSSR count). The minimum atomic E-state index is -1.54. The van der Waals surface area contributed by atoms with Gasteiger partial charge in [-0.1, -0.05) is 24.3 Å². The summed E-state index contributed by atoms with van der Waals surface area (Å²) in [5.74, 6) is -0.287. The molecule has 1 aromatic carbocycles. The van der Waals surface area contributed by atoms with Gasteiger partial charge < -0.3 is 16.0 Å². The lowest BCUT2D eigenvalue weighted by atomic mass is 9.99. The van der Waals surface area contributed by atoms with Crippen LogP contribution in [0.4, 0.5) is 5.82 Å². The number of hydrogen-bond acceptors (Lipinski definition) is 5. The van der Waals surface area contributed by atoms with Gasteiger partial charge in [0.15, 0.2) is 0 Å². The Morgan fingerprint density at radius 3 is 2.64 bits per heavy atom. The zero-order valence-electron chi connectivity index (χ0n) is 13.0. The van der Waals surface area contributed by atoms with Crippen molar-refractivity contribution >= 4 is 17.9 Å². The number of anilines is 1. The third-order valence-electron chi connectivity index (χ3n) is 4.06. The maximum Gasteiger partial charge on any atom is 0.332 e. The summed E-state index contributed by atoms with van der Waals surface area (Å²) >= 11 is 0. The van der Waals surface area contributed by atoms with Gasteiger partial charge in [-0.2, -0.15) is 0 Å². The van der Waals surface area contributed by atoms with Crippen LogP contribution < -0.4 is 16.7 Å². The second kappa shape index (κ2) is 5.45. The van der Waals surface area contributed by atoms with Crippen molar-refractivity contribution in [3.63, 3.8) is 0 Å². The molecule has 0 fully saturated rings. The minimum absolute atomic E-state index is 0.346. The first-order valence-electron chi connectivity index (χ1n) is 7.56. The van der Waals surface area contributed by atoms with Gasteiger partial charge in [-0.05, 0) is 18.2 Å². The van der Waals surface area contributed by atoms with E-state index in [1.54, 1.807) is 30.5 Å². The first kappa shape index (κ1) is 14.9. The number of rotatable bonds is 3. The van der Waals surface area contributed by atoms with Gasteiger partial charge in [0, 0.05) is 18.0 Å². The van der Waals surface area contributed by atoms with Crippen LogP contribution in [-0.4, -0.2) is 26.7 Å². The highest BCUT2D eigenvalue weighted by Crippen LogP contribution is 2.32. The molecule has 124 valence electrons. The van der Waals surface area contributed by atoms with Crippen LogP contribution in [0.2, 0.25) is 0 Å². The number of nitrogens with two attached hydrogens (primary N) is 1. The van der Waals surface area contributed by atoms with Gasteiger partial charge in [-0.15, -0.1) is 0 Å². The van der Waals surface area contributed by atoms with E-state index in [4.69, 9.17) is 5.73 Å². The number of pyridine rings is 1. The Morgan fingerprint density at radius 2 is 1.96 bits per heavy atom. The minimum Gasteiger partial charge on any atom is -0.366 e. The lowest BCUT2D eigenvalue weighted by Crippen LogP contribution is -2.48. The summed E-state index contributed by atoms with van der Waals surface area (Å²) in [6, 6.07) is 12.5. The molecule has 4 N–H and O–H groups in total. The van der Waals surface area contributed by atoms with Crippen molar-refractivity contribution in [2.75, 3.05) is 5.32 Å². The number of nitrogens with one attached hydrogen (secondary N) is 2. The van der Waals surface area contributed by atoms with E-state index in [1.165, 1.54) is 17.0 Å². The Kier molecular flexibility index (Phi) is 3.24. The van der Waals surface area contributed by atoms with E-state index in [1.807, 2.05) is 18.2 Å². The molecule has 0 saturated carbocycles. The third-order valence-corrected chi connectivity index (χ3v) is 4.06. The van der Waals surface area contributed by atoms with Crippen molar-refractivity contribution in [2.24, 2.45) is 10.7 Å². The number of aliphatic imine (C=N–C) groups is 1. The number of primary amides is 1. The summed E-state index contributed by atoms with van der Waals surface area (Å²) in [6.07, 6.45) is 4.54. The number of nitrogens with zero attached hydrogens (tertiary/aromatic N) is 3. The highest BCUT2D eigenvalue weighted by molar-refractivity contribution is 5.97. The van der Waals surface area contributed by atoms with Crippen LogP contribution in [0, 0.1) is 0 Å². The van der Waals surface area contributed by atoms with Crippen LogP contribution in [-0.2, 0) is 10.5 Å². The Labute approximate surface area is 142 Å². The van der Waals surface area contributed by atoms with Gasteiger partial charge in [0.2, 0.25) is 5.66 Å². The molecule has 1 amide bonds. The molecular weight excluding hydrogens is 320 g/mol. The van der Waals surface area contributed by atoms with Gasteiger partial charge in [-0.25, -0.2) is 14.4 Å². The monoisotopic (exact) mass is 334 g/mol. The molecule has 1 aliphatic heterocycles. The molecule has 8 heteroatoms. The van der Waals surface area contributed by atoms with Gasteiger partial charge in [0.05, 0.1) is 11.9 Å². The molecular formula is C17H14N6O2. The molecule has 0 spiro atoms. The maximum absolute atomic E-state index is 12.4. The molecule has 1 aliphatic rings. The zero-order chi connectivity index (χ0) is 17.4. The van der Waals surface area contributed by atoms with Crippen molar-refractivity contribution in [1.29, 1.82) is 0 Å². The topological polar surface area (TPSA) is 118 Å². The van der Waals surface area contributed by atoms with Crippen molar-refractivity contribution in [2.45, 2.75) is 5.66 Å². The second-order valence-electron chi connectivity index (χ2n) is 5.56. The fourth-order valence-corrected chi connectivity index (χ4v) is 2.85. The number of para-hydroxylation sites is 1. The normalized spacial score (nSPS) is 18.4. The fourth-order valence-electron chi connectivity index (χ4n) is 2.85. The number of aromatic nitrogens is 3. The lowest BCUT2D eigenvalue weighted by molar-refractivity contribution is -0.122. The summed E-state index contributed by atoms with van der Waals surface area (Å²) in [5, 5.41) is 3.03. The van der Waals surface area contributed by atoms with Gasteiger partial charge in [-0.3, -0.25) is 9.78 Å². The van der Waals surface area contributed by atoms with Gasteiger partial charge >= 0.3 is 5.69 Å². The van der Waals surface area contributed by atoms with Crippen molar-refractivity contribution in [3.8, 4) is 5.69 Å². The van der Waals surface area contributed by atoms with E-state index in [-0.39, 0.29) is 5.69 Å². The predicted molar refractivity (Wildman–Crippen MR) is 92.7 cm³/mol. The molecule has 25 heavy (non-hydrogen) atoms. The number of H-pyrrole nitrogens is 1. The van der Waals surface area contributed by atoms with Crippen LogP contribution >= 0.6 is 0 Å². The zero-order valence-corrected chi connectivity index (χ0v) is 13.0. The van der Waals surface area contributed by atoms with Crippen molar-refractivity contribution in [1.82, 2.24) is 14.5 Å². The Balaban J connectivity index is 1.91. The summed E-state index contributed by atoms with van der Waals surface area (Å²) < 4.78 is 1.44. The Bertz CT molecular complexity index is 1020. The summed E-state index contributed by atoms with van der Waals surface area (Å²) in [5.41, 5.74) is 5.37. The van der Waals surface area contributed by atoms with E-state index in [0.717, 1.165) is 0 Å². The molecule has 1 unspecified atom stereocenters. The van der Waals surface area contributed by atoms with Gasteiger partial charge in [0.25, 0.3) is 5.91 Å². The van der Waals surface area contributed by atoms with E-state index in [2.05, 4.69) is 20.3 Å². The summed E-state index contributed by atoms with van der Waals surface area (Å²) in [6.45, 7) is 0. The molecule has 2 aromatic heterocycles. The average molecular weight is 334 g/mol. The van der Waals surface area contributed by atoms with Crippen molar-refractivity contribution < 1.29 is 4.79 Å². The molecule has 0 aliphatic carbocycles. The second-order valence-corrected chi connectivity index (χ2v) is 5.56. The Hall–Kier alpha value is -3.68. The number of benzene rings is 1. The number of fused-ring (bicyclic) bond motifs is 1. The molecule has 0 saturated heterocycles. The van der Waals surface area contributed by atoms with Crippen LogP contribution in [0.1, 0.15) is 11.3 Å². The highest BCUT2D eigenvalue weighted by Gasteiger charge is 2.42. The van der Waals surface area contributed by atoms with E-state index in [9.17, 15) is 9.59 Å². The molecule has 3 heterocycles. The summed E-state index contributed by atoms with van der Waals surface area (Å²) in [4.78, 5) is 35.7. The summed E-state index contributed by atoms with van der Waals surface area (Å²) in [7, 11) is 0. The first-order valence-corrected chi connectivity index (χ1v) is 7.56. The SMILES string of the molecule is NC(=O)C1(c2cccnc2)N=Cc2[nH]c(=O)n(-c3ccccc3)c2N1. The van der Waals surface area contributed by atoms with Crippen LogP contribution in [0.25, 0.3) is 5.69 Å². The van der Waals surface area contributed by atoms with E-state index in [0.29, 0.717) is 22.8 Å². The van der Waals surface area contributed by atoms with Gasteiger partial charge in [0.1, 0.15) is 11.5 Å². The Morgan fingerprint density at radius 1 is 1.16 bits per heavy atom. The number of carbonyl (C=O) groups excluding carboxylic acids is 1. The van der Waals surface area contributed by atoms with Crippen molar-refractivity contribution in [3.05, 3.63) is 76.6 Å². The fraction of sp³-hybridized carbons (Fsp3) is 0.0588. The lowest BCUT2D eigenvalue weighted by Gasteiger charge is -2.31. The number of amides is 1. The largest absolute Gasteiger partial charge is 0.366 e. The van der Waals surface area contributed by atoms with E-state index < -0.39 is 11.6 Å². The van der Waals surface area contributed by atoms with Crippen LogP contribution in [0.15, 0.2) is 64.6 Å². The average Bonchev–Trinajstić information content (AvgIpc) is 2.97. The molecule has 0 radical (unpaired) electrons. The number of imidazole rings is 1. The molecule has 0 bridgehead atoms. The highest BCUT2D eigenvalue weighted by atomic mass is 16.2. The molecule has 8 nitrogen and oxygen atoms in total. The third kappa shape index (κ3) is 2.23. The van der Waals surface area contributed by atoms with Crippen LogP contribution in [0.3, 0.4) is 0 Å². The standard InChI is InChI=1S/C17H14N6O2/c18-15(24)17(11-5-4-8-19-9-11)20-10-13-14(22-17)23(16(25)21-13)12-6-2-1-3-7-12/h1-10,22H,(H2,18,24)(H,21,25). The first-order chi connectivity index (χ1) is 12.1. The quantitative estimate of drug-likeness (QED) is 0.654. The van der Waals surface area contributed by atoms with E-state index >= 15 is 0 Å².